The van der Waals surface area contributed by atoms with Gasteiger partial charge in [-0.1, -0.05) is 13.8 Å². The van der Waals surface area contributed by atoms with Gasteiger partial charge in [0.2, 0.25) is 0 Å². The fourth-order valence-electron chi connectivity index (χ4n) is 2.06. The number of aliphatic carboxylic acids is 2. The Labute approximate surface area is 87.4 Å². The molecule has 1 aliphatic carbocycles. The first-order valence-corrected chi connectivity index (χ1v) is 4.53. The zero-order valence-electron chi connectivity index (χ0n) is 8.90. The fraction of sp³-hybridized carbons (Fsp3) is 0.600. The maximum Gasteiger partial charge on any atom is 0.334 e. The highest BCUT2D eigenvalue weighted by Gasteiger charge is 2.46. The molecule has 2 N–H and O–H groups in total. The minimum Gasteiger partial charge on any atom is -0.478 e. The second-order valence-electron chi connectivity index (χ2n) is 4.28. The average molecular weight is 214 g/mol. The second kappa shape index (κ2) is 3.66. The topological polar surface area (TPSA) is 83.8 Å². The van der Waals surface area contributed by atoms with Crippen LogP contribution in [-0.4, -0.2) is 35.4 Å². The van der Waals surface area contributed by atoms with Gasteiger partial charge in [-0.2, -0.15) is 0 Å². The largest absolute Gasteiger partial charge is 0.478 e. The molecule has 1 atom stereocenters. The van der Waals surface area contributed by atoms with Gasteiger partial charge in [-0.05, 0) is 11.8 Å². The molecule has 0 aromatic rings. The smallest absolute Gasteiger partial charge is 0.334 e. The second-order valence-corrected chi connectivity index (χ2v) is 4.28. The molecule has 0 aromatic heterocycles. The van der Waals surface area contributed by atoms with Crippen molar-refractivity contribution in [1.29, 1.82) is 0 Å². The van der Waals surface area contributed by atoms with Gasteiger partial charge in [-0.25, -0.2) is 9.59 Å². The van der Waals surface area contributed by atoms with Gasteiger partial charge < -0.3 is 14.9 Å². The Kier molecular flexibility index (Phi) is 2.86. The van der Waals surface area contributed by atoms with E-state index in [4.69, 9.17) is 14.9 Å². The van der Waals surface area contributed by atoms with Crippen LogP contribution in [0.1, 0.15) is 20.3 Å². The molecule has 0 spiro atoms. The molecule has 15 heavy (non-hydrogen) atoms. The van der Waals surface area contributed by atoms with Crippen molar-refractivity contribution in [2.75, 3.05) is 7.11 Å². The minimum atomic E-state index is -1.22. The van der Waals surface area contributed by atoms with Crippen molar-refractivity contribution in [1.82, 2.24) is 0 Å². The first kappa shape index (κ1) is 11.7. The first-order chi connectivity index (χ1) is 6.81. The zero-order valence-corrected chi connectivity index (χ0v) is 8.90. The van der Waals surface area contributed by atoms with Crippen LogP contribution in [0.25, 0.3) is 0 Å². The van der Waals surface area contributed by atoms with Crippen molar-refractivity contribution in [2.45, 2.75) is 26.4 Å². The Balaban J connectivity index is 3.24. The Hall–Kier alpha value is -1.36. The van der Waals surface area contributed by atoms with Crippen LogP contribution in [-0.2, 0) is 14.3 Å². The number of ether oxygens (including phenoxy) is 1. The van der Waals surface area contributed by atoms with Crippen molar-refractivity contribution in [2.24, 2.45) is 5.41 Å². The summed E-state index contributed by atoms with van der Waals surface area (Å²) in [6.45, 7) is 3.58. The van der Waals surface area contributed by atoms with Crippen molar-refractivity contribution in [3.05, 3.63) is 11.1 Å². The van der Waals surface area contributed by atoms with E-state index in [9.17, 15) is 9.59 Å². The summed E-state index contributed by atoms with van der Waals surface area (Å²) < 4.78 is 5.08. The molecule has 0 bridgehead atoms. The van der Waals surface area contributed by atoms with Crippen molar-refractivity contribution < 1.29 is 24.5 Å². The Bertz CT molecular complexity index is 340. The quantitative estimate of drug-likeness (QED) is 0.729. The lowest BCUT2D eigenvalue weighted by Crippen LogP contribution is -2.30. The first-order valence-electron chi connectivity index (χ1n) is 4.53. The van der Waals surface area contributed by atoms with Gasteiger partial charge in [-0.15, -0.1) is 0 Å². The molecule has 0 saturated heterocycles. The number of hydrogen-bond donors (Lipinski definition) is 2. The average Bonchev–Trinajstić information content (AvgIpc) is 2.36. The van der Waals surface area contributed by atoms with Crippen LogP contribution in [0.5, 0.6) is 0 Å². The Morgan fingerprint density at radius 1 is 1.33 bits per heavy atom. The van der Waals surface area contributed by atoms with Crippen molar-refractivity contribution in [3.8, 4) is 0 Å². The molecule has 0 aliphatic heterocycles. The summed E-state index contributed by atoms with van der Waals surface area (Å²) in [6, 6.07) is 0. The van der Waals surface area contributed by atoms with Gasteiger partial charge in [0.1, 0.15) is 0 Å². The standard InChI is InChI=1S/C10H14O5/c1-10(2)4-5(8(11)12)6(9(13)14)7(10)15-3/h7H,4H2,1-3H3,(H,11,12)(H,13,14)/t7-/m1/s1. The van der Waals surface area contributed by atoms with Gasteiger partial charge in [0.15, 0.2) is 0 Å². The van der Waals surface area contributed by atoms with E-state index in [2.05, 4.69) is 0 Å². The van der Waals surface area contributed by atoms with E-state index in [1.807, 2.05) is 0 Å². The lowest BCUT2D eigenvalue weighted by molar-refractivity contribution is -0.136. The number of carboxylic acids is 2. The summed E-state index contributed by atoms with van der Waals surface area (Å²) in [5, 5.41) is 17.9. The van der Waals surface area contributed by atoms with Crippen LogP contribution in [0.4, 0.5) is 0 Å². The lowest BCUT2D eigenvalue weighted by Gasteiger charge is -2.26. The Morgan fingerprint density at radius 3 is 2.20 bits per heavy atom. The number of hydrogen-bond acceptors (Lipinski definition) is 3. The van der Waals surface area contributed by atoms with E-state index in [1.165, 1.54) is 7.11 Å². The normalized spacial score (nSPS) is 24.3. The molecule has 0 saturated carbocycles. The van der Waals surface area contributed by atoms with Crippen LogP contribution in [0.2, 0.25) is 0 Å². The summed E-state index contributed by atoms with van der Waals surface area (Å²) >= 11 is 0. The molecule has 0 unspecified atom stereocenters. The van der Waals surface area contributed by atoms with E-state index in [1.54, 1.807) is 13.8 Å². The predicted octanol–water partition coefficient (Wildman–Crippen LogP) is 0.897. The monoisotopic (exact) mass is 214 g/mol. The molecule has 1 rings (SSSR count). The minimum absolute atomic E-state index is 0.0562. The van der Waals surface area contributed by atoms with Crippen LogP contribution in [0, 0.1) is 5.41 Å². The third-order valence-corrected chi connectivity index (χ3v) is 2.65. The summed E-state index contributed by atoms with van der Waals surface area (Å²) in [5.41, 5.74) is -0.676. The van der Waals surface area contributed by atoms with Gasteiger partial charge in [-0.3, -0.25) is 0 Å². The molecule has 0 aromatic carbocycles. The molecule has 0 fully saturated rings. The summed E-state index contributed by atoms with van der Waals surface area (Å²) in [6.07, 6.45) is -0.455. The molecular weight excluding hydrogens is 200 g/mol. The summed E-state index contributed by atoms with van der Waals surface area (Å²) in [4.78, 5) is 21.9. The van der Waals surface area contributed by atoms with E-state index < -0.39 is 23.5 Å². The van der Waals surface area contributed by atoms with Crippen LogP contribution in [0.3, 0.4) is 0 Å². The molecular formula is C10H14O5. The highest BCUT2D eigenvalue weighted by Crippen LogP contribution is 2.43. The van der Waals surface area contributed by atoms with Gasteiger partial charge in [0, 0.05) is 7.11 Å². The van der Waals surface area contributed by atoms with Crippen LogP contribution < -0.4 is 0 Å². The maximum absolute atomic E-state index is 11.0. The predicted molar refractivity (Wildman–Crippen MR) is 51.5 cm³/mol. The number of rotatable bonds is 3. The van der Waals surface area contributed by atoms with Crippen LogP contribution in [0.15, 0.2) is 11.1 Å². The fourth-order valence-corrected chi connectivity index (χ4v) is 2.06. The molecule has 5 heteroatoms. The number of carboxylic acid groups (broad SMARTS) is 2. The van der Waals surface area contributed by atoms with E-state index in [0.29, 0.717) is 0 Å². The van der Waals surface area contributed by atoms with Gasteiger partial charge in [0.25, 0.3) is 0 Å². The third-order valence-electron chi connectivity index (χ3n) is 2.65. The van der Waals surface area contributed by atoms with E-state index >= 15 is 0 Å². The van der Waals surface area contributed by atoms with E-state index in [0.717, 1.165) is 0 Å². The molecule has 5 nitrogen and oxygen atoms in total. The Morgan fingerprint density at radius 2 is 1.87 bits per heavy atom. The zero-order chi connectivity index (χ0) is 11.8. The van der Waals surface area contributed by atoms with Gasteiger partial charge >= 0.3 is 11.9 Å². The summed E-state index contributed by atoms with van der Waals surface area (Å²) in [7, 11) is 1.39. The molecule has 0 radical (unpaired) electrons. The SMILES string of the molecule is CO[C@@H]1C(C(=O)O)=C(C(=O)O)CC1(C)C. The van der Waals surface area contributed by atoms with Crippen LogP contribution >= 0.6 is 0 Å². The number of carbonyl (C=O) groups is 2. The van der Waals surface area contributed by atoms with Crippen molar-refractivity contribution >= 4 is 11.9 Å². The molecule has 84 valence electrons. The summed E-state index contributed by atoms with van der Waals surface area (Å²) in [5.74, 6) is -2.40. The number of methoxy groups -OCH3 is 1. The highest BCUT2D eigenvalue weighted by atomic mass is 16.5. The maximum atomic E-state index is 11.0. The third kappa shape index (κ3) is 1.87. The molecule has 1 aliphatic rings. The van der Waals surface area contributed by atoms with E-state index in [-0.39, 0.29) is 17.6 Å². The highest BCUT2D eigenvalue weighted by molar-refractivity contribution is 6.01. The lowest BCUT2D eigenvalue weighted by atomic mass is 9.86. The molecule has 0 amide bonds. The molecule has 0 heterocycles. The van der Waals surface area contributed by atoms with Crippen molar-refractivity contribution in [3.63, 3.8) is 0 Å². The van der Waals surface area contributed by atoms with Gasteiger partial charge in [0.05, 0.1) is 17.3 Å².